The quantitative estimate of drug-likeness (QED) is 0.858. The summed E-state index contributed by atoms with van der Waals surface area (Å²) in [7, 11) is 1.30. The van der Waals surface area contributed by atoms with Gasteiger partial charge in [-0.2, -0.15) is 0 Å². The molecule has 3 rings (SSSR count). The van der Waals surface area contributed by atoms with Gasteiger partial charge in [0, 0.05) is 24.2 Å². The van der Waals surface area contributed by atoms with E-state index >= 15 is 0 Å². The van der Waals surface area contributed by atoms with E-state index < -0.39 is 5.97 Å². The Bertz CT molecular complexity index is 859. The van der Waals surface area contributed by atoms with Crippen LogP contribution in [0.4, 0.5) is 11.4 Å². The Hall–Kier alpha value is -3.15. The molecule has 6 heteroatoms. The third-order valence-electron chi connectivity index (χ3n) is 4.34. The van der Waals surface area contributed by atoms with Crippen LogP contribution < -0.4 is 10.2 Å². The number of carbonyl (C=O) groups is 3. The van der Waals surface area contributed by atoms with Crippen LogP contribution in [-0.4, -0.2) is 31.4 Å². The predicted octanol–water partition coefficient (Wildman–Crippen LogP) is 3.16. The van der Waals surface area contributed by atoms with Gasteiger partial charge in [0.15, 0.2) is 0 Å². The molecule has 1 fully saturated rings. The molecule has 26 heavy (non-hydrogen) atoms. The van der Waals surface area contributed by atoms with Crippen LogP contribution in [0.1, 0.15) is 39.1 Å². The van der Waals surface area contributed by atoms with Crippen molar-refractivity contribution in [3.05, 3.63) is 59.2 Å². The van der Waals surface area contributed by atoms with Crippen molar-refractivity contribution in [1.82, 2.24) is 0 Å². The van der Waals surface area contributed by atoms with Crippen molar-refractivity contribution in [2.24, 2.45) is 0 Å². The Morgan fingerprint density at radius 2 is 1.85 bits per heavy atom. The molecule has 134 valence electrons. The van der Waals surface area contributed by atoms with Crippen molar-refractivity contribution in [1.29, 1.82) is 0 Å². The first-order valence-corrected chi connectivity index (χ1v) is 8.40. The van der Waals surface area contributed by atoms with Crippen molar-refractivity contribution in [3.63, 3.8) is 0 Å². The molecule has 0 atom stereocenters. The van der Waals surface area contributed by atoms with Crippen molar-refractivity contribution in [2.45, 2.75) is 19.8 Å². The van der Waals surface area contributed by atoms with Crippen LogP contribution in [0.15, 0.2) is 42.5 Å². The fourth-order valence-corrected chi connectivity index (χ4v) is 2.95. The number of nitrogens with zero attached hydrogens (tertiary/aromatic N) is 1. The zero-order valence-corrected chi connectivity index (χ0v) is 14.7. The molecular weight excluding hydrogens is 332 g/mol. The van der Waals surface area contributed by atoms with Crippen LogP contribution in [0, 0.1) is 6.92 Å². The fourth-order valence-electron chi connectivity index (χ4n) is 2.95. The number of amides is 2. The minimum absolute atomic E-state index is 0.101. The van der Waals surface area contributed by atoms with Gasteiger partial charge in [0.1, 0.15) is 0 Å². The van der Waals surface area contributed by atoms with Crippen LogP contribution in [0.3, 0.4) is 0 Å². The molecule has 0 saturated carbocycles. The third kappa shape index (κ3) is 3.59. The number of hydrogen-bond acceptors (Lipinski definition) is 4. The monoisotopic (exact) mass is 352 g/mol. The lowest BCUT2D eigenvalue weighted by molar-refractivity contribution is -0.117. The van der Waals surface area contributed by atoms with Crippen LogP contribution >= 0.6 is 0 Å². The Morgan fingerprint density at radius 3 is 2.46 bits per heavy atom. The Kier molecular flexibility index (Phi) is 5.02. The lowest BCUT2D eigenvalue weighted by Gasteiger charge is -2.16. The summed E-state index contributed by atoms with van der Waals surface area (Å²) in [5.41, 5.74) is 2.82. The van der Waals surface area contributed by atoms with Crippen LogP contribution in [0.2, 0.25) is 0 Å². The van der Waals surface area contributed by atoms with Crippen molar-refractivity contribution >= 4 is 29.2 Å². The minimum Gasteiger partial charge on any atom is -0.465 e. The third-order valence-corrected chi connectivity index (χ3v) is 4.34. The molecule has 1 N–H and O–H groups in total. The van der Waals surface area contributed by atoms with Gasteiger partial charge in [-0.05, 0) is 49.7 Å². The SMILES string of the molecule is COC(=O)c1cc(C)ccc1NC(=O)c1ccc(N2CCCC2=O)cc1. The van der Waals surface area contributed by atoms with E-state index in [1.54, 1.807) is 41.3 Å². The number of rotatable bonds is 4. The zero-order chi connectivity index (χ0) is 18.7. The molecule has 1 aliphatic rings. The normalized spacial score (nSPS) is 13.6. The summed E-state index contributed by atoms with van der Waals surface area (Å²) in [5, 5.41) is 2.75. The van der Waals surface area contributed by atoms with Gasteiger partial charge in [0.25, 0.3) is 5.91 Å². The number of ether oxygens (including phenoxy) is 1. The first-order chi connectivity index (χ1) is 12.5. The van der Waals surface area contributed by atoms with Crippen LogP contribution in [0.25, 0.3) is 0 Å². The summed E-state index contributed by atoms with van der Waals surface area (Å²) < 4.78 is 4.77. The maximum Gasteiger partial charge on any atom is 0.339 e. The van der Waals surface area contributed by atoms with Gasteiger partial charge < -0.3 is 15.0 Å². The Balaban J connectivity index is 1.78. The molecule has 1 saturated heterocycles. The van der Waals surface area contributed by atoms with Crippen LogP contribution in [-0.2, 0) is 9.53 Å². The van der Waals surface area contributed by atoms with Gasteiger partial charge in [0.2, 0.25) is 5.91 Å². The molecule has 1 heterocycles. The number of anilines is 2. The topological polar surface area (TPSA) is 75.7 Å². The number of nitrogens with one attached hydrogen (secondary N) is 1. The summed E-state index contributed by atoms with van der Waals surface area (Å²) in [6.45, 7) is 2.56. The zero-order valence-electron chi connectivity index (χ0n) is 14.7. The number of aryl methyl sites for hydroxylation is 1. The van der Waals surface area contributed by atoms with E-state index in [2.05, 4.69) is 5.32 Å². The molecule has 2 aromatic carbocycles. The Labute approximate surface area is 151 Å². The van der Waals surface area contributed by atoms with Gasteiger partial charge in [-0.15, -0.1) is 0 Å². The highest BCUT2D eigenvalue weighted by Gasteiger charge is 2.22. The lowest BCUT2D eigenvalue weighted by atomic mass is 10.1. The van der Waals surface area contributed by atoms with Crippen molar-refractivity contribution in [3.8, 4) is 0 Å². The highest BCUT2D eigenvalue weighted by Crippen LogP contribution is 2.23. The average Bonchev–Trinajstić information content (AvgIpc) is 3.08. The first kappa shape index (κ1) is 17.7. The molecule has 0 unspecified atom stereocenters. The molecule has 6 nitrogen and oxygen atoms in total. The summed E-state index contributed by atoms with van der Waals surface area (Å²) in [6, 6.07) is 12.0. The predicted molar refractivity (Wildman–Crippen MR) is 98.5 cm³/mol. The van der Waals surface area contributed by atoms with Gasteiger partial charge in [-0.1, -0.05) is 11.6 Å². The number of carbonyl (C=O) groups excluding carboxylic acids is 3. The van der Waals surface area contributed by atoms with E-state index in [-0.39, 0.29) is 11.8 Å². The second-order valence-corrected chi connectivity index (χ2v) is 6.19. The smallest absolute Gasteiger partial charge is 0.339 e. The molecule has 2 aromatic rings. The molecule has 1 aliphatic heterocycles. The largest absolute Gasteiger partial charge is 0.465 e. The maximum absolute atomic E-state index is 12.5. The van der Waals surface area contributed by atoms with Crippen molar-refractivity contribution < 1.29 is 19.1 Å². The van der Waals surface area contributed by atoms with Gasteiger partial charge in [-0.3, -0.25) is 9.59 Å². The van der Waals surface area contributed by atoms with Gasteiger partial charge >= 0.3 is 5.97 Å². The molecule has 0 radical (unpaired) electrons. The number of hydrogen-bond donors (Lipinski definition) is 1. The summed E-state index contributed by atoms with van der Waals surface area (Å²) >= 11 is 0. The van der Waals surface area contributed by atoms with E-state index in [0.717, 1.165) is 17.7 Å². The van der Waals surface area contributed by atoms with Gasteiger partial charge in [-0.25, -0.2) is 4.79 Å². The minimum atomic E-state index is -0.508. The standard InChI is InChI=1S/C20H20N2O4/c1-13-5-10-17(16(12-13)20(25)26-2)21-19(24)14-6-8-15(9-7-14)22-11-3-4-18(22)23/h5-10,12H,3-4,11H2,1-2H3,(H,21,24). The molecule has 2 amide bonds. The number of methoxy groups -OCH3 is 1. The van der Waals surface area contributed by atoms with E-state index in [0.29, 0.717) is 29.8 Å². The molecule has 0 spiro atoms. The average molecular weight is 352 g/mol. The second kappa shape index (κ2) is 7.39. The lowest BCUT2D eigenvalue weighted by Crippen LogP contribution is -2.23. The van der Waals surface area contributed by atoms with E-state index in [1.807, 2.05) is 13.0 Å². The van der Waals surface area contributed by atoms with E-state index in [9.17, 15) is 14.4 Å². The van der Waals surface area contributed by atoms with E-state index in [4.69, 9.17) is 4.74 Å². The van der Waals surface area contributed by atoms with Gasteiger partial charge in [0.05, 0.1) is 18.4 Å². The number of benzene rings is 2. The maximum atomic E-state index is 12.5. The summed E-state index contributed by atoms with van der Waals surface area (Å²) in [6.07, 6.45) is 1.41. The highest BCUT2D eigenvalue weighted by molar-refractivity contribution is 6.08. The number of esters is 1. The molecule has 0 aliphatic carbocycles. The summed E-state index contributed by atoms with van der Waals surface area (Å²) in [4.78, 5) is 37.9. The van der Waals surface area contributed by atoms with Crippen molar-refractivity contribution in [2.75, 3.05) is 23.9 Å². The molecule has 0 aromatic heterocycles. The Morgan fingerprint density at radius 1 is 1.12 bits per heavy atom. The van der Waals surface area contributed by atoms with Crippen LogP contribution in [0.5, 0.6) is 0 Å². The first-order valence-electron chi connectivity index (χ1n) is 8.40. The van der Waals surface area contributed by atoms with E-state index in [1.165, 1.54) is 7.11 Å². The second-order valence-electron chi connectivity index (χ2n) is 6.19. The molecule has 0 bridgehead atoms. The highest BCUT2D eigenvalue weighted by atomic mass is 16.5. The summed E-state index contributed by atoms with van der Waals surface area (Å²) in [5.74, 6) is -0.741. The fraction of sp³-hybridized carbons (Fsp3) is 0.250. The molecular formula is C20H20N2O4.